The molecule has 0 amide bonds. The van der Waals surface area contributed by atoms with E-state index < -0.39 is 0 Å². The molecular weight excluding hydrogens is 210 g/mol. The zero-order valence-electron chi connectivity index (χ0n) is 8.19. The lowest BCUT2D eigenvalue weighted by atomic mass is 10.2. The standard InChI is InChI=1S/C11H13NS2/c1-8-12-6-3-7-13-9-4-2-5-10(14-8)11(9)12/h2,4-5,8H,3,6-7H2,1H3. The highest BCUT2D eigenvalue weighted by Crippen LogP contribution is 2.49. The molecule has 1 aromatic carbocycles. The molecule has 0 N–H and O–H groups in total. The molecule has 0 saturated heterocycles. The van der Waals surface area contributed by atoms with Gasteiger partial charge in [-0.3, -0.25) is 0 Å². The van der Waals surface area contributed by atoms with Crippen molar-refractivity contribution in [3.05, 3.63) is 18.2 Å². The van der Waals surface area contributed by atoms with Crippen molar-refractivity contribution >= 4 is 29.2 Å². The molecule has 3 rings (SSSR count). The Morgan fingerprint density at radius 2 is 2.21 bits per heavy atom. The highest BCUT2D eigenvalue weighted by atomic mass is 32.2. The van der Waals surface area contributed by atoms with Crippen LogP contribution in [0.15, 0.2) is 28.0 Å². The summed E-state index contributed by atoms with van der Waals surface area (Å²) in [5.41, 5.74) is 1.51. The van der Waals surface area contributed by atoms with Crippen LogP contribution >= 0.6 is 23.5 Å². The van der Waals surface area contributed by atoms with E-state index >= 15 is 0 Å². The number of rotatable bonds is 0. The molecule has 14 heavy (non-hydrogen) atoms. The van der Waals surface area contributed by atoms with Crippen molar-refractivity contribution in [2.24, 2.45) is 0 Å². The molecule has 0 aromatic heterocycles. The van der Waals surface area contributed by atoms with E-state index in [4.69, 9.17) is 0 Å². The Labute approximate surface area is 93.3 Å². The first-order chi connectivity index (χ1) is 6.86. The molecular formula is C11H13NS2. The summed E-state index contributed by atoms with van der Waals surface area (Å²) in [4.78, 5) is 5.52. The van der Waals surface area contributed by atoms with Crippen LogP contribution in [0.4, 0.5) is 5.69 Å². The van der Waals surface area contributed by atoms with E-state index in [1.165, 1.54) is 34.2 Å². The molecule has 0 saturated carbocycles. The van der Waals surface area contributed by atoms with Gasteiger partial charge in [-0.25, -0.2) is 0 Å². The van der Waals surface area contributed by atoms with E-state index in [2.05, 4.69) is 30.0 Å². The van der Waals surface area contributed by atoms with E-state index in [-0.39, 0.29) is 0 Å². The Morgan fingerprint density at radius 1 is 1.36 bits per heavy atom. The van der Waals surface area contributed by atoms with Crippen molar-refractivity contribution in [3.8, 4) is 0 Å². The average Bonchev–Trinajstić information content (AvgIpc) is 2.39. The van der Waals surface area contributed by atoms with Crippen LogP contribution < -0.4 is 4.90 Å². The minimum absolute atomic E-state index is 0.629. The molecule has 0 aliphatic carbocycles. The zero-order chi connectivity index (χ0) is 9.54. The molecule has 2 aliphatic heterocycles. The average molecular weight is 223 g/mol. The van der Waals surface area contributed by atoms with Crippen LogP contribution in [0.3, 0.4) is 0 Å². The van der Waals surface area contributed by atoms with E-state index in [1.807, 2.05) is 23.5 Å². The van der Waals surface area contributed by atoms with Crippen LogP contribution in [0.2, 0.25) is 0 Å². The van der Waals surface area contributed by atoms with Crippen LogP contribution in [0.5, 0.6) is 0 Å². The predicted octanol–water partition coefficient (Wildman–Crippen LogP) is 3.44. The summed E-state index contributed by atoms with van der Waals surface area (Å²) in [5.74, 6) is 1.27. The van der Waals surface area contributed by atoms with E-state index in [0.717, 1.165) is 0 Å². The highest BCUT2D eigenvalue weighted by molar-refractivity contribution is 8.01. The van der Waals surface area contributed by atoms with Crippen molar-refractivity contribution in [1.29, 1.82) is 0 Å². The van der Waals surface area contributed by atoms with Gasteiger partial charge in [0.1, 0.15) is 0 Å². The first-order valence-corrected chi connectivity index (χ1v) is 6.92. The van der Waals surface area contributed by atoms with Crippen molar-refractivity contribution < 1.29 is 0 Å². The lowest BCUT2D eigenvalue weighted by molar-refractivity contribution is 0.774. The van der Waals surface area contributed by atoms with Crippen LogP contribution in [-0.2, 0) is 0 Å². The van der Waals surface area contributed by atoms with Gasteiger partial charge in [-0.15, -0.1) is 11.8 Å². The van der Waals surface area contributed by atoms with Gasteiger partial charge in [-0.2, -0.15) is 0 Å². The highest BCUT2D eigenvalue weighted by Gasteiger charge is 2.30. The zero-order valence-corrected chi connectivity index (χ0v) is 9.83. The second kappa shape index (κ2) is 3.38. The molecule has 0 fully saturated rings. The number of hydrogen-bond donors (Lipinski definition) is 0. The van der Waals surface area contributed by atoms with Crippen LogP contribution in [0, 0.1) is 0 Å². The maximum Gasteiger partial charge on any atom is 0.0770 e. The first kappa shape index (κ1) is 8.98. The first-order valence-electron chi connectivity index (χ1n) is 5.05. The van der Waals surface area contributed by atoms with Crippen molar-refractivity contribution in [1.82, 2.24) is 0 Å². The lowest BCUT2D eigenvalue weighted by Gasteiger charge is -2.22. The van der Waals surface area contributed by atoms with Crippen molar-refractivity contribution in [2.45, 2.75) is 28.5 Å². The molecule has 1 atom stereocenters. The van der Waals surface area contributed by atoms with Gasteiger partial charge in [0.2, 0.25) is 0 Å². The van der Waals surface area contributed by atoms with Crippen LogP contribution in [-0.4, -0.2) is 17.7 Å². The number of para-hydroxylation sites is 1. The summed E-state index contributed by atoms with van der Waals surface area (Å²) in [6.07, 6.45) is 1.31. The van der Waals surface area contributed by atoms with Crippen molar-refractivity contribution in [3.63, 3.8) is 0 Å². The van der Waals surface area contributed by atoms with Crippen LogP contribution in [0.1, 0.15) is 13.3 Å². The maximum absolute atomic E-state index is 2.56. The predicted molar refractivity (Wildman–Crippen MR) is 64.4 cm³/mol. The maximum atomic E-state index is 2.56. The van der Waals surface area contributed by atoms with Gasteiger partial charge in [-0.1, -0.05) is 17.8 Å². The summed E-state index contributed by atoms with van der Waals surface area (Å²) in [6.45, 7) is 3.54. The third-order valence-electron chi connectivity index (χ3n) is 2.79. The topological polar surface area (TPSA) is 3.24 Å². The quantitative estimate of drug-likeness (QED) is 0.663. The van der Waals surface area contributed by atoms with E-state index in [0.29, 0.717) is 5.37 Å². The second-order valence-corrected chi connectivity index (χ2v) is 6.21. The molecule has 2 aliphatic rings. The molecule has 0 radical (unpaired) electrons. The minimum atomic E-state index is 0.629. The Bertz CT molecular complexity index is 364. The Morgan fingerprint density at radius 3 is 3.14 bits per heavy atom. The number of nitrogens with zero attached hydrogens (tertiary/aromatic N) is 1. The minimum Gasteiger partial charge on any atom is -0.358 e. The molecule has 74 valence electrons. The Balaban J connectivity index is 2.16. The van der Waals surface area contributed by atoms with Gasteiger partial charge in [0.25, 0.3) is 0 Å². The van der Waals surface area contributed by atoms with Gasteiger partial charge in [0, 0.05) is 16.3 Å². The normalized spacial score (nSPS) is 24.6. The second-order valence-electron chi connectivity index (χ2n) is 3.72. The number of thioether (sulfide) groups is 2. The fraction of sp³-hybridized carbons (Fsp3) is 0.455. The van der Waals surface area contributed by atoms with Gasteiger partial charge < -0.3 is 4.90 Å². The smallest absolute Gasteiger partial charge is 0.0770 e. The van der Waals surface area contributed by atoms with Gasteiger partial charge >= 0.3 is 0 Å². The molecule has 3 heteroatoms. The molecule has 2 heterocycles. The summed E-state index contributed by atoms with van der Waals surface area (Å²) in [5, 5.41) is 0.629. The Hall–Kier alpha value is -0.280. The molecule has 1 aromatic rings. The van der Waals surface area contributed by atoms with Gasteiger partial charge in [0.05, 0.1) is 11.1 Å². The number of hydrogen-bond acceptors (Lipinski definition) is 3. The SMILES string of the molecule is CC1Sc2cccc3c2N1CCCS3. The molecule has 0 spiro atoms. The molecule has 1 nitrogen and oxygen atoms in total. The third kappa shape index (κ3) is 1.26. The lowest BCUT2D eigenvalue weighted by Crippen LogP contribution is -2.27. The van der Waals surface area contributed by atoms with Crippen molar-refractivity contribution in [2.75, 3.05) is 17.2 Å². The number of benzene rings is 1. The fourth-order valence-corrected chi connectivity index (χ4v) is 4.43. The fourth-order valence-electron chi connectivity index (χ4n) is 2.14. The summed E-state index contributed by atoms with van der Waals surface area (Å²) >= 11 is 4.01. The summed E-state index contributed by atoms with van der Waals surface area (Å²) in [6, 6.07) is 6.71. The number of anilines is 1. The van der Waals surface area contributed by atoms with Gasteiger partial charge in [0.15, 0.2) is 0 Å². The van der Waals surface area contributed by atoms with Crippen LogP contribution in [0.25, 0.3) is 0 Å². The monoisotopic (exact) mass is 223 g/mol. The Kier molecular flexibility index (Phi) is 2.17. The van der Waals surface area contributed by atoms with Gasteiger partial charge in [-0.05, 0) is 31.2 Å². The largest absolute Gasteiger partial charge is 0.358 e. The molecule has 0 bridgehead atoms. The van der Waals surface area contributed by atoms with E-state index in [1.54, 1.807) is 0 Å². The summed E-state index contributed by atoms with van der Waals surface area (Å²) < 4.78 is 0. The molecule has 1 unspecified atom stereocenters. The summed E-state index contributed by atoms with van der Waals surface area (Å²) in [7, 11) is 0. The van der Waals surface area contributed by atoms with E-state index in [9.17, 15) is 0 Å². The third-order valence-corrected chi connectivity index (χ3v) is 5.10.